The van der Waals surface area contributed by atoms with Crippen LogP contribution in [-0.4, -0.2) is 38.0 Å². The highest BCUT2D eigenvalue weighted by atomic mass is 16.5. The van der Waals surface area contributed by atoms with Gasteiger partial charge in [0.05, 0.1) is 18.3 Å². The normalized spacial score (nSPS) is 25.8. The van der Waals surface area contributed by atoms with Crippen molar-refractivity contribution in [1.29, 1.82) is 0 Å². The Morgan fingerprint density at radius 3 is 2.80 bits per heavy atom. The van der Waals surface area contributed by atoms with Crippen LogP contribution in [-0.2, 0) is 9.47 Å². The van der Waals surface area contributed by atoms with Gasteiger partial charge >= 0.3 is 0 Å². The van der Waals surface area contributed by atoms with Gasteiger partial charge in [-0.25, -0.2) is 0 Å². The average molecular weight is 215 g/mol. The van der Waals surface area contributed by atoms with Crippen LogP contribution in [0.2, 0.25) is 0 Å². The molecule has 0 aliphatic carbocycles. The van der Waals surface area contributed by atoms with E-state index in [2.05, 4.69) is 33.0 Å². The van der Waals surface area contributed by atoms with Gasteiger partial charge in [0, 0.05) is 19.7 Å². The molecule has 1 fully saturated rings. The molecule has 3 heteroatoms. The van der Waals surface area contributed by atoms with Crippen LogP contribution < -0.4 is 5.32 Å². The molecule has 1 aliphatic rings. The van der Waals surface area contributed by atoms with E-state index in [1.54, 1.807) is 0 Å². The zero-order valence-electron chi connectivity index (χ0n) is 10.5. The largest absolute Gasteiger partial charge is 0.379 e. The second-order valence-corrected chi connectivity index (χ2v) is 5.39. The Hall–Kier alpha value is -0.120. The maximum atomic E-state index is 5.89. The van der Waals surface area contributed by atoms with E-state index in [0.717, 1.165) is 26.1 Å². The van der Waals surface area contributed by atoms with Crippen molar-refractivity contribution < 1.29 is 9.47 Å². The van der Waals surface area contributed by atoms with Crippen LogP contribution in [0.4, 0.5) is 0 Å². The molecule has 0 saturated carbocycles. The van der Waals surface area contributed by atoms with E-state index < -0.39 is 0 Å². The molecule has 1 atom stereocenters. The molecule has 1 heterocycles. The number of nitrogens with one attached hydrogen (secondary N) is 1. The van der Waals surface area contributed by atoms with Crippen molar-refractivity contribution in [2.75, 3.05) is 26.3 Å². The van der Waals surface area contributed by atoms with Crippen molar-refractivity contribution >= 4 is 0 Å². The first-order valence-corrected chi connectivity index (χ1v) is 5.96. The van der Waals surface area contributed by atoms with Gasteiger partial charge in [-0.1, -0.05) is 13.8 Å². The number of rotatable bonds is 5. The molecule has 1 aliphatic heterocycles. The molecule has 0 aromatic heterocycles. The summed E-state index contributed by atoms with van der Waals surface area (Å²) in [5, 5.41) is 3.37. The van der Waals surface area contributed by atoms with Crippen molar-refractivity contribution in [2.45, 2.75) is 45.8 Å². The quantitative estimate of drug-likeness (QED) is 0.710. The average Bonchev–Trinajstić information content (AvgIpc) is 2.10. The molecular weight excluding hydrogens is 190 g/mol. The minimum atomic E-state index is -0.0513. The summed E-state index contributed by atoms with van der Waals surface area (Å²) in [5.74, 6) is 0.715. The van der Waals surface area contributed by atoms with Gasteiger partial charge in [0.25, 0.3) is 0 Å². The van der Waals surface area contributed by atoms with Crippen LogP contribution in [0.25, 0.3) is 0 Å². The van der Waals surface area contributed by atoms with Crippen molar-refractivity contribution in [3.05, 3.63) is 0 Å². The molecule has 1 unspecified atom stereocenters. The maximum absolute atomic E-state index is 5.89. The summed E-state index contributed by atoms with van der Waals surface area (Å²) < 4.78 is 11.5. The van der Waals surface area contributed by atoms with Crippen LogP contribution in [0.15, 0.2) is 0 Å². The Bertz CT molecular complexity index is 180. The van der Waals surface area contributed by atoms with Crippen LogP contribution in [0.5, 0.6) is 0 Å². The second kappa shape index (κ2) is 5.83. The Morgan fingerprint density at radius 2 is 2.20 bits per heavy atom. The predicted octanol–water partition coefficient (Wildman–Crippen LogP) is 1.82. The van der Waals surface area contributed by atoms with Crippen LogP contribution in [0.3, 0.4) is 0 Å². The minimum absolute atomic E-state index is 0.0513. The summed E-state index contributed by atoms with van der Waals surface area (Å²) in [6.45, 7) is 12.0. The van der Waals surface area contributed by atoms with Gasteiger partial charge in [-0.15, -0.1) is 0 Å². The lowest BCUT2D eigenvalue weighted by molar-refractivity contribution is -0.120. The lowest BCUT2D eigenvalue weighted by Crippen LogP contribution is -2.51. The summed E-state index contributed by atoms with van der Waals surface area (Å²) in [4.78, 5) is 0. The predicted molar refractivity (Wildman–Crippen MR) is 62.1 cm³/mol. The van der Waals surface area contributed by atoms with Crippen molar-refractivity contribution in [1.82, 2.24) is 5.32 Å². The van der Waals surface area contributed by atoms with Gasteiger partial charge in [0.2, 0.25) is 0 Å². The van der Waals surface area contributed by atoms with E-state index >= 15 is 0 Å². The molecule has 1 rings (SSSR count). The van der Waals surface area contributed by atoms with Gasteiger partial charge in [-0.05, 0) is 26.2 Å². The number of hydrogen-bond acceptors (Lipinski definition) is 3. The minimum Gasteiger partial charge on any atom is -0.379 e. The van der Waals surface area contributed by atoms with Crippen molar-refractivity contribution in [3.63, 3.8) is 0 Å². The monoisotopic (exact) mass is 215 g/mol. The highest BCUT2D eigenvalue weighted by Crippen LogP contribution is 2.15. The third kappa shape index (κ3) is 5.50. The molecule has 3 nitrogen and oxygen atoms in total. The zero-order valence-corrected chi connectivity index (χ0v) is 10.5. The summed E-state index contributed by atoms with van der Waals surface area (Å²) in [6, 6.07) is 0. The lowest BCUT2D eigenvalue weighted by atomic mass is 10.1. The van der Waals surface area contributed by atoms with Crippen molar-refractivity contribution in [3.8, 4) is 0 Å². The third-order valence-corrected chi connectivity index (χ3v) is 2.55. The van der Waals surface area contributed by atoms with E-state index in [4.69, 9.17) is 9.47 Å². The molecule has 15 heavy (non-hydrogen) atoms. The second-order valence-electron chi connectivity index (χ2n) is 5.39. The van der Waals surface area contributed by atoms with E-state index in [0.29, 0.717) is 12.5 Å². The van der Waals surface area contributed by atoms with E-state index in [-0.39, 0.29) is 11.7 Å². The molecular formula is C12H25NO2. The molecule has 0 aromatic rings. The fourth-order valence-electron chi connectivity index (χ4n) is 1.70. The fraction of sp³-hybridized carbons (Fsp3) is 1.00. The first-order valence-electron chi connectivity index (χ1n) is 5.96. The summed E-state index contributed by atoms with van der Waals surface area (Å²) >= 11 is 0. The Kier molecular flexibility index (Phi) is 5.03. The molecule has 1 saturated heterocycles. The maximum Gasteiger partial charge on any atom is 0.0940 e. The van der Waals surface area contributed by atoms with E-state index in [1.807, 2.05) is 0 Å². The van der Waals surface area contributed by atoms with Crippen LogP contribution >= 0.6 is 0 Å². The Balaban J connectivity index is 2.11. The topological polar surface area (TPSA) is 30.5 Å². The first kappa shape index (κ1) is 12.9. The van der Waals surface area contributed by atoms with Gasteiger partial charge in [0.15, 0.2) is 0 Å². The van der Waals surface area contributed by atoms with Crippen molar-refractivity contribution in [2.24, 2.45) is 5.92 Å². The van der Waals surface area contributed by atoms with Gasteiger partial charge < -0.3 is 14.8 Å². The fourth-order valence-corrected chi connectivity index (χ4v) is 1.70. The summed E-state index contributed by atoms with van der Waals surface area (Å²) in [6.07, 6.45) is 1.34. The number of hydrogen-bond donors (Lipinski definition) is 1. The zero-order chi connectivity index (χ0) is 11.3. The van der Waals surface area contributed by atoms with E-state index in [1.165, 1.54) is 0 Å². The molecule has 0 aromatic carbocycles. The standard InChI is InChI=1S/C12H25NO2/c1-10(2)5-6-14-8-11-7-13-9-12(3,4)15-11/h10-11,13H,5-9H2,1-4H3. The van der Waals surface area contributed by atoms with Gasteiger partial charge in [0.1, 0.15) is 0 Å². The van der Waals surface area contributed by atoms with E-state index in [9.17, 15) is 0 Å². The smallest absolute Gasteiger partial charge is 0.0940 e. The SMILES string of the molecule is CC(C)CCOCC1CNCC(C)(C)O1. The number of morpholine rings is 1. The highest BCUT2D eigenvalue weighted by Gasteiger charge is 2.28. The van der Waals surface area contributed by atoms with Crippen LogP contribution in [0.1, 0.15) is 34.1 Å². The third-order valence-electron chi connectivity index (χ3n) is 2.55. The summed E-state index contributed by atoms with van der Waals surface area (Å²) in [7, 11) is 0. The molecule has 0 radical (unpaired) electrons. The number of ether oxygens (including phenoxy) is 2. The molecule has 0 amide bonds. The summed E-state index contributed by atoms with van der Waals surface area (Å²) in [5.41, 5.74) is -0.0513. The molecule has 0 bridgehead atoms. The molecule has 90 valence electrons. The first-order chi connectivity index (χ1) is 6.99. The Morgan fingerprint density at radius 1 is 1.47 bits per heavy atom. The molecule has 0 spiro atoms. The lowest BCUT2D eigenvalue weighted by Gasteiger charge is -2.36. The van der Waals surface area contributed by atoms with Crippen LogP contribution in [0, 0.1) is 5.92 Å². The van der Waals surface area contributed by atoms with Gasteiger partial charge in [-0.3, -0.25) is 0 Å². The Labute approximate surface area is 93.5 Å². The van der Waals surface area contributed by atoms with Gasteiger partial charge in [-0.2, -0.15) is 0 Å². The highest BCUT2D eigenvalue weighted by molar-refractivity contribution is 4.81. The molecule has 1 N–H and O–H groups in total.